The Bertz CT molecular complexity index is 576. The Balaban J connectivity index is 2.07. The summed E-state index contributed by atoms with van der Waals surface area (Å²) in [4.78, 5) is 4.68. The number of fused-ring (bicyclic) bond motifs is 1. The average Bonchev–Trinajstić information content (AvgIpc) is 2.39. The topological polar surface area (TPSA) is 33.1 Å². The van der Waals surface area contributed by atoms with E-state index in [1.165, 1.54) is 19.3 Å². The lowest BCUT2D eigenvalue weighted by Gasteiger charge is -2.22. The second-order valence-electron chi connectivity index (χ2n) is 5.06. The van der Waals surface area contributed by atoms with Crippen LogP contribution in [0.15, 0.2) is 28.7 Å². The first-order chi connectivity index (χ1) is 8.74. The van der Waals surface area contributed by atoms with Crippen LogP contribution in [0.5, 0.6) is 5.75 Å². The third kappa shape index (κ3) is 2.24. The lowest BCUT2D eigenvalue weighted by atomic mass is 9.86. The first-order valence-electron chi connectivity index (χ1n) is 6.53. The highest BCUT2D eigenvalue weighted by Gasteiger charge is 2.20. The molecule has 0 saturated heterocycles. The summed E-state index contributed by atoms with van der Waals surface area (Å²) in [7, 11) is 0. The third-order valence-electron chi connectivity index (χ3n) is 3.78. The summed E-state index contributed by atoms with van der Waals surface area (Å²) in [5.74, 6) is 0.791. The van der Waals surface area contributed by atoms with E-state index in [1.54, 1.807) is 0 Å². The van der Waals surface area contributed by atoms with Crippen LogP contribution < -0.4 is 0 Å². The van der Waals surface area contributed by atoms with Gasteiger partial charge in [-0.3, -0.25) is 0 Å². The molecular weight excluding hydrogens is 290 g/mol. The number of benzene rings is 1. The van der Waals surface area contributed by atoms with Crippen molar-refractivity contribution in [3.8, 4) is 5.75 Å². The summed E-state index contributed by atoms with van der Waals surface area (Å²) in [6.45, 7) is 0. The van der Waals surface area contributed by atoms with E-state index in [2.05, 4.69) is 20.9 Å². The Morgan fingerprint density at radius 3 is 2.67 bits per heavy atom. The summed E-state index contributed by atoms with van der Waals surface area (Å²) >= 11 is 3.47. The minimum atomic E-state index is 0.358. The van der Waals surface area contributed by atoms with E-state index in [0.29, 0.717) is 11.7 Å². The number of halogens is 1. The van der Waals surface area contributed by atoms with Gasteiger partial charge in [-0.15, -0.1) is 0 Å². The predicted octanol–water partition coefficient (Wildman–Crippen LogP) is 4.75. The lowest BCUT2D eigenvalue weighted by Crippen LogP contribution is -2.06. The van der Waals surface area contributed by atoms with Crippen molar-refractivity contribution < 1.29 is 5.11 Å². The smallest absolute Gasteiger partial charge is 0.138 e. The van der Waals surface area contributed by atoms with Crippen LogP contribution in [0.2, 0.25) is 0 Å². The van der Waals surface area contributed by atoms with Gasteiger partial charge in [0.25, 0.3) is 0 Å². The van der Waals surface area contributed by atoms with Gasteiger partial charge < -0.3 is 5.11 Å². The number of aromatic hydroxyl groups is 1. The largest absolute Gasteiger partial charge is 0.506 e. The maximum absolute atomic E-state index is 10.2. The van der Waals surface area contributed by atoms with Crippen LogP contribution in [0.1, 0.15) is 43.7 Å². The van der Waals surface area contributed by atoms with E-state index < -0.39 is 0 Å². The standard InChI is InChI=1S/C15H16BrNO/c16-12-7-6-11-8-14(18)15(17-13(11)9-12)10-4-2-1-3-5-10/h6-10,18H,1-5H2. The van der Waals surface area contributed by atoms with Crippen molar-refractivity contribution in [3.05, 3.63) is 34.4 Å². The lowest BCUT2D eigenvalue weighted by molar-refractivity contribution is 0.407. The molecule has 3 heteroatoms. The highest BCUT2D eigenvalue weighted by molar-refractivity contribution is 9.10. The molecule has 2 nitrogen and oxygen atoms in total. The molecule has 1 aliphatic carbocycles. The molecule has 1 heterocycles. The zero-order chi connectivity index (χ0) is 12.5. The van der Waals surface area contributed by atoms with E-state index in [1.807, 2.05) is 24.3 Å². The minimum Gasteiger partial charge on any atom is -0.506 e. The van der Waals surface area contributed by atoms with Crippen molar-refractivity contribution in [2.75, 3.05) is 0 Å². The molecule has 1 aromatic heterocycles. The first-order valence-corrected chi connectivity index (χ1v) is 7.32. The van der Waals surface area contributed by atoms with Crippen molar-refractivity contribution in [2.24, 2.45) is 0 Å². The zero-order valence-corrected chi connectivity index (χ0v) is 11.8. The van der Waals surface area contributed by atoms with Crippen molar-refractivity contribution in [2.45, 2.75) is 38.0 Å². The monoisotopic (exact) mass is 305 g/mol. The molecule has 94 valence electrons. The molecule has 1 aromatic carbocycles. The normalized spacial score (nSPS) is 17.2. The van der Waals surface area contributed by atoms with Gasteiger partial charge >= 0.3 is 0 Å². The molecule has 1 saturated carbocycles. The average molecular weight is 306 g/mol. The summed E-state index contributed by atoms with van der Waals surface area (Å²) in [5, 5.41) is 11.2. The Hall–Kier alpha value is -1.09. The van der Waals surface area contributed by atoms with Crippen molar-refractivity contribution >= 4 is 26.8 Å². The van der Waals surface area contributed by atoms with E-state index in [-0.39, 0.29) is 0 Å². The van der Waals surface area contributed by atoms with Gasteiger partial charge in [0.1, 0.15) is 5.75 Å². The molecule has 0 bridgehead atoms. The number of rotatable bonds is 1. The van der Waals surface area contributed by atoms with E-state index >= 15 is 0 Å². The summed E-state index contributed by atoms with van der Waals surface area (Å²) < 4.78 is 1.03. The van der Waals surface area contributed by atoms with Crippen LogP contribution in [0.3, 0.4) is 0 Å². The summed E-state index contributed by atoms with van der Waals surface area (Å²) in [6.07, 6.45) is 6.13. The van der Waals surface area contributed by atoms with Crippen LogP contribution in [-0.4, -0.2) is 10.1 Å². The third-order valence-corrected chi connectivity index (χ3v) is 4.27. The van der Waals surface area contributed by atoms with Crippen LogP contribution in [-0.2, 0) is 0 Å². The van der Waals surface area contributed by atoms with Gasteiger partial charge in [0.15, 0.2) is 0 Å². The Morgan fingerprint density at radius 2 is 1.89 bits per heavy atom. The first kappa shape index (κ1) is 12.0. The molecule has 0 radical (unpaired) electrons. The van der Waals surface area contributed by atoms with E-state index in [9.17, 15) is 5.11 Å². The maximum Gasteiger partial charge on any atom is 0.138 e. The van der Waals surface area contributed by atoms with Crippen LogP contribution in [0.25, 0.3) is 10.9 Å². The van der Waals surface area contributed by atoms with Gasteiger partial charge in [0.05, 0.1) is 11.2 Å². The van der Waals surface area contributed by atoms with Gasteiger partial charge in [-0.05, 0) is 31.0 Å². The Labute approximate surface area is 115 Å². The number of hydrogen-bond donors (Lipinski definition) is 1. The highest BCUT2D eigenvalue weighted by atomic mass is 79.9. The fraction of sp³-hybridized carbons (Fsp3) is 0.400. The molecule has 1 aliphatic rings. The molecule has 0 aliphatic heterocycles. The van der Waals surface area contributed by atoms with Gasteiger partial charge in [-0.25, -0.2) is 4.98 Å². The van der Waals surface area contributed by atoms with Gasteiger partial charge in [0, 0.05) is 15.8 Å². The molecule has 0 amide bonds. The second-order valence-corrected chi connectivity index (χ2v) is 5.98. The summed E-state index contributed by atoms with van der Waals surface area (Å²) in [5.41, 5.74) is 1.85. The number of hydrogen-bond acceptors (Lipinski definition) is 2. The number of aromatic nitrogens is 1. The predicted molar refractivity (Wildman–Crippen MR) is 76.9 cm³/mol. The second kappa shape index (κ2) is 4.88. The fourth-order valence-electron chi connectivity index (χ4n) is 2.82. The molecule has 0 unspecified atom stereocenters. The van der Waals surface area contributed by atoms with Crippen molar-refractivity contribution in [1.82, 2.24) is 4.98 Å². The number of nitrogens with zero attached hydrogens (tertiary/aromatic N) is 1. The van der Waals surface area contributed by atoms with Gasteiger partial charge in [0.2, 0.25) is 0 Å². The van der Waals surface area contributed by atoms with Crippen LogP contribution >= 0.6 is 15.9 Å². The maximum atomic E-state index is 10.2. The van der Waals surface area contributed by atoms with Gasteiger partial charge in [-0.2, -0.15) is 0 Å². The Morgan fingerprint density at radius 1 is 1.11 bits per heavy atom. The molecule has 18 heavy (non-hydrogen) atoms. The molecule has 2 aromatic rings. The molecule has 0 spiro atoms. The molecule has 1 N–H and O–H groups in total. The molecule has 1 fully saturated rings. The minimum absolute atomic E-state index is 0.358. The summed E-state index contributed by atoms with van der Waals surface area (Å²) in [6, 6.07) is 7.82. The highest BCUT2D eigenvalue weighted by Crippen LogP contribution is 2.37. The van der Waals surface area contributed by atoms with Crippen molar-refractivity contribution in [1.29, 1.82) is 0 Å². The Kier molecular flexibility index (Phi) is 3.25. The fourth-order valence-corrected chi connectivity index (χ4v) is 3.17. The van der Waals surface area contributed by atoms with E-state index in [4.69, 9.17) is 0 Å². The molecule has 0 atom stereocenters. The van der Waals surface area contributed by atoms with Crippen LogP contribution in [0, 0.1) is 0 Å². The zero-order valence-electron chi connectivity index (χ0n) is 10.2. The quantitative estimate of drug-likeness (QED) is 0.824. The molecular formula is C15H16BrNO. The van der Waals surface area contributed by atoms with Gasteiger partial charge in [-0.1, -0.05) is 41.3 Å². The SMILES string of the molecule is Oc1cc2ccc(Br)cc2nc1C1CCCCC1. The van der Waals surface area contributed by atoms with Crippen LogP contribution in [0.4, 0.5) is 0 Å². The van der Waals surface area contributed by atoms with Crippen molar-refractivity contribution in [3.63, 3.8) is 0 Å². The molecule has 3 rings (SSSR count). The van der Waals surface area contributed by atoms with E-state index in [0.717, 1.165) is 33.9 Å². The number of pyridine rings is 1.